The highest BCUT2D eigenvalue weighted by Crippen LogP contribution is 2.47. The van der Waals surface area contributed by atoms with Gasteiger partial charge < -0.3 is 24.6 Å². The summed E-state index contributed by atoms with van der Waals surface area (Å²) in [5.74, 6) is 1.86. The molecule has 4 atom stereocenters. The fourth-order valence-corrected chi connectivity index (χ4v) is 5.45. The highest BCUT2D eigenvalue weighted by Gasteiger charge is 2.49. The normalized spacial score (nSPS) is 28.4. The van der Waals surface area contributed by atoms with E-state index in [4.69, 9.17) is 9.47 Å². The Morgan fingerprint density at radius 2 is 1.88 bits per heavy atom. The maximum atomic E-state index is 13.2. The zero-order valence-corrected chi connectivity index (χ0v) is 19.8. The van der Waals surface area contributed by atoms with Crippen LogP contribution in [0, 0.1) is 17.3 Å². The third-order valence-corrected chi connectivity index (χ3v) is 8.11. The molecule has 3 fully saturated rings. The number of carbonyl (C=O) groups is 1. The maximum Gasteiger partial charge on any atom is 0.251 e. The van der Waals surface area contributed by atoms with Gasteiger partial charge >= 0.3 is 0 Å². The number of ether oxygens (including phenoxy) is 2. The second kappa shape index (κ2) is 9.60. The number of hydrogen-bond donors (Lipinski definition) is 2. The molecule has 0 aromatic heterocycles. The van der Waals surface area contributed by atoms with E-state index in [-0.39, 0.29) is 17.7 Å². The van der Waals surface area contributed by atoms with Gasteiger partial charge in [-0.25, -0.2) is 0 Å². The molecule has 1 amide bonds. The molecule has 32 heavy (non-hydrogen) atoms. The minimum absolute atomic E-state index is 0.0523. The second-order valence-electron chi connectivity index (χ2n) is 10.5. The van der Waals surface area contributed by atoms with E-state index < -0.39 is 17.6 Å². The number of rotatable bonds is 8. The highest BCUT2D eigenvalue weighted by atomic mass is 16.5. The van der Waals surface area contributed by atoms with Crippen molar-refractivity contribution in [3.8, 4) is 11.5 Å². The lowest BCUT2D eigenvalue weighted by Crippen LogP contribution is -2.44. The van der Waals surface area contributed by atoms with Gasteiger partial charge in [0.15, 0.2) is 11.5 Å². The number of aliphatic hydroxyl groups is 2. The van der Waals surface area contributed by atoms with Gasteiger partial charge in [-0.3, -0.25) is 4.79 Å². The number of nitrogens with zero attached hydrogens (tertiary/aromatic N) is 1. The first kappa shape index (κ1) is 23.4. The molecule has 1 aromatic rings. The van der Waals surface area contributed by atoms with Crippen molar-refractivity contribution in [2.45, 2.75) is 76.9 Å². The molecule has 0 spiro atoms. The maximum absolute atomic E-state index is 13.2. The molecule has 6 heteroatoms. The molecule has 2 aliphatic carbocycles. The Kier molecular flexibility index (Phi) is 7.01. The molecule has 1 heterocycles. The van der Waals surface area contributed by atoms with Crippen LogP contribution in [-0.4, -0.2) is 60.0 Å². The number of carbonyl (C=O) groups excluding carboxylic acids is 1. The predicted molar refractivity (Wildman–Crippen MR) is 123 cm³/mol. The predicted octanol–water partition coefficient (Wildman–Crippen LogP) is 3.74. The summed E-state index contributed by atoms with van der Waals surface area (Å²) in [5, 5.41) is 21.5. The van der Waals surface area contributed by atoms with Gasteiger partial charge in [-0.1, -0.05) is 32.3 Å². The lowest BCUT2D eigenvalue weighted by Gasteiger charge is -2.34. The first-order chi connectivity index (χ1) is 15.3. The van der Waals surface area contributed by atoms with Crippen LogP contribution >= 0.6 is 0 Å². The summed E-state index contributed by atoms with van der Waals surface area (Å²) >= 11 is 0. The molecule has 3 aliphatic rings. The van der Waals surface area contributed by atoms with E-state index in [1.807, 2.05) is 25.1 Å². The van der Waals surface area contributed by atoms with E-state index in [9.17, 15) is 15.0 Å². The van der Waals surface area contributed by atoms with Crippen LogP contribution in [-0.2, 0) is 4.79 Å². The summed E-state index contributed by atoms with van der Waals surface area (Å²) in [4.78, 5) is 15.0. The first-order valence-electron chi connectivity index (χ1n) is 12.3. The van der Waals surface area contributed by atoms with Crippen LogP contribution in [0.1, 0.15) is 70.3 Å². The molecular weight excluding hydrogens is 406 g/mol. The van der Waals surface area contributed by atoms with E-state index in [1.165, 1.54) is 19.3 Å². The van der Waals surface area contributed by atoms with Gasteiger partial charge in [-0.2, -0.15) is 0 Å². The SMILES string of the molecule is COc1ccc([C@@H]2CN(C(=O)[C@@H](O)C3CCCCC3)C[C@]2(C)[C@@H](C)O)cc1OCC1CC1. The lowest BCUT2D eigenvalue weighted by molar-refractivity contribution is -0.143. The lowest BCUT2D eigenvalue weighted by atomic mass is 9.72. The van der Waals surface area contributed by atoms with Crippen LogP contribution in [0.3, 0.4) is 0 Å². The summed E-state index contributed by atoms with van der Waals surface area (Å²) in [6.45, 7) is 5.45. The Bertz CT molecular complexity index is 801. The number of benzene rings is 1. The van der Waals surface area contributed by atoms with Crippen LogP contribution < -0.4 is 9.47 Å². The monoisotopic (exact) mass is 445 g/mol. The highest BCUT2D eigenvalue weighted by molar-refractivity contribution is 5.81. The summed E-state index contributed by atoms with van der Waals surface area (Å²) in [7, 11) is 1.64. The zero-order chi connectivity index (χ0) is 22.9. The minimum atomic E-state index is -0.944. The molecule has 2 N–H and O–H groups in total. The zero-order valence-electron chi connectivity index (χ0n) is 19.8. The van der Waals surface area contributed by atoms with Crippen molar-refractivity contribution in [3.63, 3.8) is 0 Å². The van der Waals surface area contributed by atoms with Crippen molar-refractivity contribution in [2.75, 3.05) is 26.8 Å². The Balaban J connectivity index is 1.55. The molecule has 178 valence electrons. The van der Waals surface area contributed by atoms with Crippen LogP contribution in [0.2, 0.25) is 0 Å². The molecule has 0 bridgehead atoms. The van der Waals surface area contributed by atoms with Crippen molar-refractivity contribution in [1.29, 1.82) is 0 Å². The van der Waals surface area contributed by atoms with Gasteiger partial charge in [-0.05, 0) is 62.1 Å². The molecule has 0 unspecified atom stereocenters. The quantitative estimate of drug-likeness (QED) is 0.637. The average molecular weight is 446 g/mol. The van der Waals surface area contributed by atoms with E-state index in [0.717, 1.165) is 37.0 Å². The van der Waals surface area contributed by atoms with Gasteiger partial charge in [0.25, 0.3) is 5.91 Å². The number of hydrogen-bond acceptors (Lipinski definition) is 5. The van der Waals surface area contributed by atoms with Gasteiger partial charge in [-0.15, -0.1) is 0 Å². The number of methoxy groups -OCH3 is 1. The molecule has 1 aromatic carbocycles. The summed E-state index contributed by atoms with van der Waals surface area (Å²) in [6.07, 6.45) is 6.06. The van der Waals surface area contributed by atoms with E-state index in [0.29, 0.717) is 31.4 Å². The molecule has 0 radical (unpaired) electrons. The van der Waals surface area contributed by atoms with Crippen molar-refractivity contribution in [3.05, 3.63) is 23.8 Å². The Morgan fingerprint density at radius 3 is 2.50 bits per heavy atom. The second-order valence-corrected chi connectivity index (χ2v) is 10.5. The standard InChI is InChI=1S/C26H39NO5/c1-17(28)26(2)16-27(25(30)24(29)19-7-5-4-6-8-19)14-21(26)20-11-12-22(31-3)23(13-20)32-15-18-9-10-18/h11-13,17-19,21,24,28-29H,4-10,14-16H2,1-3H3/t17-,21+,24+,26-/m1/s1. The minimum Gasteiger partial charge on any atom is -0.493 e. The molecule has 4 rings (SSSR count). The van der Waals surface area contributed by atoms with Crippen LogP contribution in [0.5, 0.6) is 11.5 Å². The van der Waals surface area contributed by atoms with Crippen LogP contribution in [0.25, 0.3) is 0 Å². The van der Waals surface area contributed by atoms with Gasteiger partial charge in [0.05, 0.1) is 19.8 Å². The Morgan fingerprint density at radius 1 is 1.16 bits per heavy atom. The number of aliphatic hydroxyl groups excluding tert-OH is 2. The van der Waals surface area contributed by atoms with Gasteiger partial charge in [0.2, 0.25) is 0 Å². The van der Waals surface area contributed by atoms with Gasteiger partial charge in [0.1, 0.15) is 6.10 Å². The summed E-state index contributed by atoms with van der Waals surface area (Å²) < 4.78 is 11.6. The van der Waals surface area contributed by atoms with Crippen molar-refractivity contribution in [2.24, 2.45) is 17.3 Å². The Hall–Kier alpha value is -1.79. The third-order valence-electron chi connectivity index (χ3n) is 8.11. The first-order valence-corrected chi connectivity index (χ1v) is 12.3. The van der Waals surface area contributed by atoms with Crippen molar-refractivity contribution >= 4 is 5.91 Å². The topological polar surface area (TPSA) is 79.2 Å². The number of likely N-dealkylation sites (tertiary alicyclic amines) is 1. The molecule has 1 aliphatic heterocycles. The molecule has 6 nitrogen and oxygen atoms in total. The Labute approximate surface area is 191 Å². The molecule has 1 saturated heterocycles. The average Bonchev–Trinajstić information content (AvgIpc) is 3.57. The van der Waals surface area contributed by atoms with Gasteiger partial charge in [0, 0.05) is 24.4 Å². The number of amides is 1. The fourth-order valence-electron chi connectivity index (χ4n) is 5.45. The summed E-state index contributed by atoms with van der Waals surface area (Å²) in [6, 6.07) is 5.94. The van der Waals surface area contributed by atoms with Crippen molar-refractivity contribution < 1.29 is 24.5 Å². The van der Waals surface area contributed by atoms with E-state index in [2.05, 4.69) is 0 Å². The third kappa shape index (κ3) is 4.76. The van der Waals surface area contributed by atoms with E-state index in [1.54, 1.807) is 18.9 Å². The largest absolute Gasteiger partial charge is 0.493 e. The fraction of sp³-hybridized carbons (Fsp3) is 0.731. The van der Waals surface area contributed by atoms with Crippen molar-refractivity contribution in [1.82, 2.24) is 4.90 Å². The van der Waals surface area contributed by atoms with Crippen LogP contribution in [0.4, 0.5) is 0 Å². The van der Waals surface area contributed by atoms with Crippen LogP contribution in [0.15, 0.2) is 18.2 Å². The van der Waals surface area contributed by atoms with E-state index >= 15 is 0 Å². The summed E-state index contributed by atoms with van der Waals surface area (Å²) in [5.41, 5.74) is 0.520. The smallest absolute Gasteiger partial charge is 0.251 e. The molecular formula is C26H39NO5. The molecule has 2 saturated carbocycles.